The Bertz CT molecular complexity index is 467. The third-order valence-electron chi connectivity index (χ3n) is 4.25. The summed E-state index contributed by atoms with van der Waals surface area (Å²) in [6.07, 6.45) is 4.26. The third-order valence-corrected chi connectivity index (χ3v) is 4.25. The molecule has 0 aromatic heterocycles. The highest BCUT2D eigenvalue weighted by Crippen LogP contribution is 2.39. The van der Waals surface area contributed by atoms with E-state index in [0.717, 1.165) is 37.0 Å². The first-order chi connectivity index (χ1) is 10.7. The van der Waals surface area contributed by atoms with Gasteiger partial charge in [-0.2, -0.15) is 0 Å². The highest BCUT2D eigenvalue weighted by Gasteiger charge is 2.36. The Hall–Kier alpha value is -1.59. The lowest BCUT2D eigenvalue weighted by Crippen LogP contribution is -2.47. The molecular weight excluding hydrogens is 280 g/mol. The summed E-state index contributed by atoms with van der Waals surface area (Å²) in [7, 11) is 3.31. The van der Waals surface area contributed by atoms with Crippen LogP contribution in [0.15, 0.2) is 24.3 Å². The van der Waals surface area contributed by atoms with E-state index in [1.165, 1.54) is 0 Å². The van der Waals surface area contributed by atoms with E-state index in [1.807, 2.05) is 12.1 Å². The van der Waals surface area contributed by atoms with Gasteiger partial charge in [-0.25, -0.2) is 0 Å². The Labute approximate surface area is 132 Å². The summed E-state index contributed by atoms with van der Waals surface area (Å²) in [5, 5.41) is 6.33. The first-order valence-corrected chi connectivity index (χ1v) is 7.85. The Morgan fingerprint density at radius 1 is 1.18 bits per heavy atom. The molecule has 22 heavy (non-hydrogen) atoms. The molecule has 0 atom stereocenters. The zero-order valence-corrected chi connectivity index (χ0v) is 13.5. The number of nitrogens with one attached hydrogen (secondary N) is 2. The van der Waals surface area contributed by atoms with Crippen molar-refractivity contribution in [2.75, 3.05) is 33.9 Å². The summed E-state index contributed by atoms with van der Waals surface area (Å²) < 4.78 is 10.2. The van der Waals surface area contributed by atoms with Crippen molar-refractivity contribution in [1.82, 2.24) is 10.6 Å². The summed E-state index contributed by atoms with van der Waals surface area (Å²) >= 11 is 0. The molecule has 5 heteroatoms. The van der Waals surface area contributed by atoms with Gasteiger partial charge < -0.3 is 20.1 Å². The zero-order valence-electron chi connectivity index (χ0n) is 13.5. The predicted octanol–water partition coefficient (Wildman–Crippen LogP) is 1.82. The minimum absolute atomic E-state index is 0.0359. The topological polar surface area (TPSA) is 59.6 Å². The first kappa shape index (κ1) is 16.8. The average Bonchev–Trinajstić information content (AvgIpc) is 3.01. The first-order valence-electron chi connectivity index (χ1n) is 7.85. The highest BCUT2D eigenvalue weighted by atomic mass is 16.5. The van der Waals surface area contributed by atoms with Crippen molar-refractivity contribution in [2.45, 2.75) is 31.2 Å². The molecule has 0 unspecified atom stereocenters. The number of carbonyl (C=O) groups excluding carboxylic acids is 1. The second-order valence-electron chi connectivity index (χ2n) is 5.74. The van der Waals surface area contributed by atoms with E-state index in [2.05, 4.69) is 22.8 Å². The van der Waals surface area contributed by atoms with E-state index in [1.54, 1.807) is 14.2 Å². The van der Waals surface area contributed by atoms with Crippen LogP contribution in [0.2, 0.25) is 0 Å². The Morgan fingerprint density at radius 3 is 2.45 bits per heavy atom. The zero-order chi connectivity index (χ0) is 15.8. The van der Waals surface area contributed by atoms with Crippen molar-refractivity contribution < 1.29 is 14.3 Å². The second kappa shape index (κ2) is 8.15. The Balaban J connectivity index is 2.00. The fourth-order valence-corrected chi connectivity index (χ4v) is 3.06. The minimum Gasteiger partial charge on any atom is -0.497 e. The molecule has 1 aliphatic carbocycles. The number of methoxy groups -OCH3 is 2. The second-order valence-corrected chi connectivity index (χ2v) is 5.74. The van der Waals surface area contributed by atoms with E-state index < -0.39 is 0 Å². The maximum atomic E-state index is 12.2. The fourth-order valence-electron chi connectivity index (χ4n) is 3.06. The van der Waals surface area contributed by atoms with Crippen LogP contribution in [-0.2, 0) is 15.1 Å². The highest BCUT2D eigenvalue weighted by molar-refractivity contribution is 5.79. The minimum atomic E-state index is -0.230. The van der Waals surface area contributed by atoms with Gasteiger partial charge in [-0.3, -0.25) is 4.79 Å². The lowest BCUT2D eigenvalue weighted by atomic mass is 9.88. The molecule has 0 bridgehead atoms. The monoisotopic (exact) mass is 306 g/mol. The molecule has 0 spiro atoms. The Morgan fingerprint density at radius 2 is 1.86 bits per heavy atom. The largest absolute Gasteiger partial charge is 0.497 e. The van der Waals surface area contributed by atoms with E-state index in [0.29, 0.717) is 19.7 Å². The number of benzene rings is 1. The summed E-state index contributed by atoms with van der Waals surface area (Å²) in [6, 6.07) is 8.03. The van der Waals surface area contributed by atoms with Crippen LogP contribution in [0.4, 0.5) is 0 Å². The quantitative estimate of drug-likeness (QED) is 0.719. The summed E-state index contributed by atoms with van der Waals surface area (Å²) in [5.41, 5.74) is 0.933. The standard InChI is InChI=1S/C17H26N2O3/c1-21-12-11-18-13-16(20)19-17(9-3-4-10-17)14-5-7-15(22-2)8-6-14/h5-8,18H,3-4,9-13H2,1-2H3,(H,19,20). The molecule has 0 heterocycles. The number of ether oxygens (including phenoxy) is 2. The summed E-state index contributed by atoms with van der Waals surface area (Å²) in [4.78, 5) is 12.2. The van der Waals surface area contributed by atoms with E-state index in [4.69, 9.17) is 9.47 Å². The van der Waals surface area contributed by atoms with Gasteiger partial charge in [0.15, 0.2) is 0 Å². The molecule has 5 nitrogen and oxygen atoms in total. The number of hydrogen-bond donors (Lipinski definition) is 2. The van der Waals surface area contributed by atoms with Gasteiger partial charge in [0.05, 0.1) is 25.8 Å². The molecule has 1 aliphatic rings. The molecule has 1 aromatic rings. The van der Waals surface area contributed by atoms with Gasteiger partial charge in [-0.15, -0.1) is 0 Å². The summed E-state index contributed by atoms with van der Waals surface area (Å²) in [5.74, 6) is 0.873. The van der Waals surface area contributed by atoms with Crippen molar-refractivity contribution >= 4 is 5.91 Å². The lowest BCUT2D eigenvalue weighted by molar-refractivity contribution is -0.122. The van der Waals surface area contributed by atoms with Gasteiger partial charge in [0.2, 0.25) is 5.91 Å². The van der Waals surface area contributed by atoms with Gasteiger partial charge in [-0.1, -0.05) is 25.0 Å². The maximum absolute atomic E-state index is 12.2. The van der Waals surface area contributed by atoms with Crippen LogP contribution in [0.1, 0.15) is 31.2 Å². The van der Waals surface area contributed by atoms with Crippen molar-refractivity contribution in [1.29, 1.82) is 0 Å². The summed E-state index contributed by atoms with van der Waals surface area (Å²) in [6.45, 7) is 1.61. The molecule has 122 valence electrons. The van der Waals surface area contributed by atoms with Gasteiger partial charge in [0.25, 0.3) is 0 Å². The average molecular weight is 306 g/mol. The van der Waals surface area contributed by atoms with E-state index in [-0.39, 0.29) is 11.4 Å². The third kappa shape index (κ3) is 4.21. The van der Waals surface area contributed by atoms with Gasteiger partial charge >= 0.3 is 0 Å². The number of hydrogen-bond acceptors (Lipinski definition) is 4. The molecule has 0 saturated heterocycles. The number of rotatable bonds is 8. The number of amides is 1. The molecule has 1 saturated carbocycles. The lowest BCUT2D eigenvalue weighted by Gasteiger charge is -2.31. The molecular formula is C17H26N2O3. The van der Waals surface area contributed by atoms with Crippen molar-refractivity contribution in [3.05, 3.63) is 29.8 Å². The van der Waals surface area contributed by atoms with Gasteiger partial charge in [0.1, 0.15) is 5.75 Å². The molecule has 1 amide bonds. The molecule has 2 rings (SSSR count). The van der Waals surface area contributed by atoms with Crippen LogP contribution in [0.3, 0.4) is 0 Å². The maximum Gasteiger partial charge on any atom is 0.234 e. The molecule has 2 N–H and O–H groups in total. The Kier molecular flexibility index (Phi) is 6.21. The van der Waals surface area contributed by atoms with Crippen LogP contribution >= 0.6 is 0 Å². The SMILES string of the molecule is COCCNCC(=O)NC1(c2ccc(OC)cc2)CCCC1. The normalized spacial score (nSPS) is 16.5. The van der Waals surface area contributed by atoms with Crippen molar-refractivity contribution in [2.24, 2.45) is 0 Å². The van der Waals surface area contributed by atoms with E-state index >= 15 is 0 Å². The van der Waals surface area contributed by atoms with Crippen LogP contribution in [0.25, 0.3) is 0 Å². The van der Waals surface area contributed by atoms with E-state index in [9.17, 15) is 4.79 Å². The fraction of sp³-hybridized carbons (Fsp3) is 0.588. The van der Waals surface area contributed by atoms with Crippen LogP contribution < -0.4 is 15.4 Å². The molecule has 0 aliphatic heterocycles. The van der Waals surface area contributed by atoms with Crippen LogP contribution in [0.5, 0.6) is 5.75 Å². The van der Waals surface area contributed by atoms with Crippen molar-refractivity contribution in [3.8, 4) is 5.75 Å². The van der Waals surface area contributed by atoms with Gasteiger partial charge in [0, 0.05) is 13.7 Å². The van der Waals surface area contributed by atoms with Gasteiger partial charge in [-0.05, 0) is 30.5 Å². The molecule has 0 radical (unpaired) electrons. The predicted molar refractivity (Wildman–Crippen MR) is 86.0 cm³/mol. The molecule has 1 fully saturated rings. The van der Waals surface area contributed by atoms with Crippen molar-refractivity contribution in [3.63, 3.8) is 0 Å². The number of carbonyl (C=O) groups is 1. The molecule has 1 aromatic carbocycles. The van der Waals surface area contributed by atoms with Crippen LogP contribution in [0, 0.1) is 0 Å². The van der Waals surface area contributed by atoms with Crippen LogP contribution in [-0.4, -0.2) is 39.8 Å². The smallest absolute Gasteiger partial charge is 0.234 e.